The lowest BCUT2D eigenvalue weighted by Gasteiger charge is -2.13. The lowest BCUT2D eigenvalue weighted by atomic mass is 9.92. The number of furan rings is 1. The molecule has 0 aliphatic carbocycles. The molecule has 0 spiro atoms. The zero-order valence-corrected chi connectivity index (χ0v) is 78.5. The predicted octanol–water partition coefficient (Wildman–Crippen LogP) is 36.5. The molecule has 9 nitrogen and oxygen atoms in total. The molecule has 654 valence electrons. The van der Waals surface area contributed by atoms with Gasteiger partial charge in [0.15, 0.2) is 34.9 Å². The number of aromatic nitrogens is 8. The standard InChI is InChI=1S/2C45H25N3S2.C38H22N2O/c1-2-8-27(9-3-1)43-46-44(48-45(47-43)31-19-21-40-36(23-31)33-10-4-6-12-38(33)49-40)30-18-20-32-28(22-30)16-14-26-15-17-29-24-41-37(25-35(29)42(26)32)34-11-5-7-13-39(34)50-41;1-2-8-27(9-3-1)43-46-44(48-45(47-43)31-19-21-40-36(24-31)33-10-4-6-12-38(33)49-40)30-18-20-32-28(22-30)16-14-26-15-17-29-23-37-34-11-5-7-13-39(34)50-41(37)25-35(29)42(26)32;1-2-10-23(11-3-1)36-37(40-32-16-8-7-15-31(32)39-36)25-19-20-26-24(22-25)18-21-30-34(26)27-12-4-5-13-28(27)35-29-14-6-9-17-33(29)41-38(30)35/h2*1-25H;1-22H. The van der Waals surface area contributed by atoms with Crippen LogP contribution in [0.1, 0.15) is 0 Å². The Balaban J connectivity index is 0.000000102. The predicted molar refractivity (Wildman–Crippen MR) is 599 cm³/mol. The molecule has 0 saturated heterocycles. The number of hydrogen-bond acceptors (Lipinski definition) is 13. The summed E-state index contributed by atoms with van der Waals surface area (Å²) in [6, 6.07) is 155. The first-order chi connectivity index (χ1) is 69.8. The molecule has 0 aliphatic rings. The van der Waals surface area contributed by atoms with Gasteiger partial charge in [0.2, 0.25) is 0 Å². The minimum atomic E-state index is 0.662. The Morgan fingerprint density at radius 1 is 0.149 bits per heavy atom. The van der Waals surface area contributed by atoms with Crippen LogP contribution in [0, 0.1) is 0 Å². The summed E-state index contributed by atoms with van der Waals surface area (Å²) in [5.41, 5.74) is 13.3. The van der Waals surface area contributed by atoms with Crippen LogP contribution in [0.3, 0.4) is 0 Å². The Bertz CT molecular complexity index is 10700. The van der Waals surface area contributed by atoms with Gasteiger partial charge in [-0.05, 0) is 214 Å². The molecule has 31 rings (SSSR count). The molecule has 0 unspecified atom stereocenters. The van der Waals surface area contributed by atoms with Crippen molar-refractivity contribution in [1.82, 2.24) is 39.9 Å². The molecular weight excluding hydrogens is 1790 g/mol. The van der Waals surface area contributed by atoms with E-state index in [1.807, 2.05) is 130 Å². The van der Waals surface area contributed by atoms with Crippen LogP contribution < -0.4 is 0 Å². The van der Waals surface area contributed by atoms with Gasteiger partial charge in [-0.3, -0.25) is 0 Å². The zero-order valence-electron chi connectivity index (χ0n) is 75.2. The highest BCUT2D eigenvalue weighted by molar-refractivity contribution is 7.27. The molecular formula is C128H72N8OS4. The van der Waals surface area contributed by atoms with Crippen LogP contribution in [-0.2, 0) is 0 Å². The molecule has 8 heterocycles. The van der Waals surface area contributed by atoms with E-state index in [0.717, 1.165) is 105 Å². The van der Waals surface area contributed by atoms with Gasteiger partial charge in [0.05, 0.1) is 22.4 Å². The van der Waals surface area contributed by atoms with Crippen molar-refractivity contribution in [2.24, 2.45) is 0 Å². The molecule has 0 radical (unpaired) electrons. The number of thiophene rings is 4. The Kier molecular flexibility index (Phi) is 18.6. The fraction of sp³-hybridized carbons (Fsp3) is 0. The van der Waals surface area contributed by atoms with Crippen molar-refractivity contribution in [1.29, 1.82) is 0 Å². The van der Waals surface area contributed by atoms with Crippen LogP contribution >= 0.6 is 45.3 Å². The van der Waals surface area contributed by atoms with Gasteiger partial charge in [-0.1, -0.05) is 309 Å². The molecule has 31 aromatic rings. The van der Waals surface area contributed by atoms with Crippen molar-refractivity contribution in [3.8, 4) is 90.8 Å². The molecule has 0 N–H and O–H groups in total. The largest absolute Gasteiger partial charge is 0.455 e. The van der Waals surface area contributed by atoms with E-state index in [1.54, 1.807) is 0 Å². The van der Waals surface area contributed by atoms with Gasteiger partial charge in [-0.25, -0.2) is 39.9 Å². The summed E-state index contributed by atoms with van der Waals surface area (Å²) >= 11 is 7.37. The van der Waals surface area contributed by atoms with Gasteiger partial charge in [0.1, 0.15) is 11.2 Å². The number of benzene rings is 23. The molecule has 0 aliphatic heterocycles. The summed E-state index contributed by atoms with van der Waals surface area (Å²) in [5.74, 6) is 3.99. The summed E-state index contributed by atoms with van der Waals surface area (Å²) in [5, 5.41) is 34.6. The summed E-state index contributed by atoms with van der Waals surface area (Å²) in [4.78, 5) is 40.6. The summed E-state index contributed by atoms with van der Waals surface area (Å²) < 4.78 is 16.9. The maximum absolute atomic E-state index is 6.50. The second-order valence-electron chi connectivity index (χ2n) is 36.2. The van der Waals surface area contributed by atoms with Gasteiger partial charge < -0.3 is 4.42 Å². The second-order valence-corrected chi connectivity index (χ2v) is 40.5. The van der Waals surface area contributed by atoms with Crippen molar-refractivity contribution in [3.05, 3.63) is 437 Å². The number of rotatable bonds is 8. The second kappa shape index (κ2) is 32.6. The van der Waals surface area contributed by atoms with E-state index >= 15 is 0 Å². The average molecular weight is 1870 g/mol. The minimum Gasteiger partial charge on any atom is -0.455 e. The molecule has 0 amide bonds. The minimum absolute atomic E-state index is 0.662. The summed E-state index contributed by atoms with van der Waals surface area (Å²) in [6.45, 7) is 0. The SMILES string of the molecule is c1ccc(-c2nc(-c3ccc4c(ccc5ccc6cc7c(cc6c54)sc4ccccc47)c3)nc(-c3ccc4sc5ccccc5c4c3)n2)cc1.c1ccc(-c2nc(-c3ccc4c(ccc5ccc6cc7sc8ccccc8c7cc6c54)c3)nc(-c3ccc4sc5ccccc5c4c3)n2)cc1.c1ccc(-c2nc3ccccc3nc2-c2ccc3c(ccc4c5oc6ccccc6c5c5ccccc5c34)c2)cc1. The number of nitrogens with zero attached hydrogens (tertiary/aromatic N) is 8. The first-order valence-corrected chi connectivity index (χ1v) is 50.5. The van der Waals surface area contributed by atoms with E-state index in [1.165, 1.54) is 161 Å². The third-order valence-electron chi connectivity index (χ3n) is 28.0. The first-order valence-electron chi connectivity index (χ1n) is 47.2. The van der Waals surface area contributed by atoms with E-state index in [4.69, 9.17) is 44.3 Å². The van der Waals surface area contributed by atoms with Crippen molar-refractivity contribution >= 4 is 256 Å². The van der Waals surface area contributed by atoms with Crippen molar-refractivity contribution < 1.29 is 4.42 Å². The maximum atomic E-state index is 6.50. The maximum Gasteiger partial charge on any atom is 0.164 e. The first kappa shape index (κ1) is 80.7. The van der Waals surface area contributed by atoms with E-state index in [0.29, 0.717) is 34.9 Å². The Labute approximate surface area is 821 Å². The van der Waals surface area contributed by atoms with Crippen LogP contribution in [0.25, 0.3) is 301 Å². The average Bonchev–Trinajstić information content (AvgIpc) is 1.61. The third kappa shape index (κ3) is 13.6. The number of fused-ring (bicyclic) bond motifs is 33. The molecule has 23 aromatic carbocycles. The van der Waals surface area contributed by atoms with E-state index < -0.39 is 0 Å². The van der Waals surface area contributed by atoms with Crippen molar-refractivity contribution in [2.45, 2.75) is 0 Å². The van der Waals surface area contributed by atoms with Crippen molar-refractivity contribution in [2.75, 3.05) is 0 Å². The fourth-order valence-corrected chi connectivity index (χ4v) is 25.7. The number of hydrogen-bond donors (Lipinski definition) is 0. The topological polar surface area (TPSA) is 116 Å². The molecule has 13 heteroatoms. The van der Waals surface area contributed by atoms with E-state index in [-0.39, 0.29) is 0 Å². The molecule has 0 fully saturated rings. The third-order valence-corrected chi connectivity index (χ3v) is 32.5. The van der Waals surface area contributed by atoms with E-state index in [9.17, 15) is 0 Å². The summed E-state index contributed by atoms with van der Waals surface area (Å²) in [6.07, 6.45) is 0. The quantitative estimate of drug-likeness (QED) is 0.137. The van der Waals surface area contributed by atoms with Gasteiger partial charge in [0, 0.05) is 147 Å². The normalized spacial score (nSPS) is 12.0. The van der Waals surface area contributed by atoms with E-state index in [2.05, 4.69) is 352 Å². The van der Waals surface area contributed by atoms with Crippen LogP contribution in [0.15, 0.2) is 441 Å². The Hall–Kier alpha value is -17.6. The van der Waals surface area contributed by atoms with Gasteiger partial charge in [0.25, 0.3) is 0 Å². The molecule has 141 heavy (non-hydrogen) atoms. The summed E-state index contributed by atoms with van der Waals surface area (Å²) in [7, 11) is 0. The van der Waals surface area contributed by atoms with Gasteiger partial charge in [-0.15, -0.1) is 45.3 Å². The Morgan fingerprint density at radius 3 is 0.957 bits per heavy atom. The van der Waals surface area contributed by atoms with Gasteiger partial charge >= 0.3 is 0 Å². The van der Waals surface area contributed by atoms with Crippen molar-refractivity contribution in [3.63, 3.8) is 0 Å². The molecule has 0 saturated carbocycles. The lowest BCUT2D eigenvalue weighted by Crippen LogP contribution is -2.00. The number of para-hydroxylation sites is 3. The smallest absolute Gasteiger partial charge is 0.164 e. The fourth-order valence-electron chi connectivity index (χ4n) is 21.3. The van der Waals surface area contributed by atoms with Crippen LogP contribution in [-0.4, -0.2) is 39.9 Å². The lowest BCUT2D eigenvalue weighted by molar-refractivity contribution is 0.673. The van der Waals surface area contributed by atoms with Crippen LogP contribution in [0.5, 0.6) is 0 Å². The highest BCUT2D eigenvalue weighted by Crippen LogP contribution is 2.49. The molecule has 0 atom stereocenters. The Morgan fingerprint density at radius 2 is 0.461 bits per heavy atom. The van der Waals surface area contributed by atoms with Gasteiger partial charge in [-0.2, -0.15) is 0 Å². The highest BCUT2D eigenvalue weighted by Gasteiger charge is 2.24. The highest BCUT2D eigenvalue weighted by atomic mass is 32.1. The zero-order chi connectivity index (χ0) is 92.4. The van der Waals surface area contributed by atoms with Crippen LogP contribution in [0.2, 0.25) is 0 Å². The molecule has 8 aromatic heterocycles. The van der Waals surface area contributed by atoms with Crippen LogP contribution in [0.4, 0.5) is 0 Å². The molecule has 0 bridgehead atoms. The monoisotopic (exact) mass is 1860 g/mol.